The van der Waals surface area contributed by atoms with E-state index in [-0.39, 0.29) is 5.97 Å². The van der Waals surface area contributed by atoms with Crippen molar-refractivity contribution in [2.75, 3.05) is 26.4 Å². The molecule has 0 saturated carbocycles. The van der Waals surface area contributed by atoms with Gasteiger partial charge in [-0.15, -0.1) is 0 Å². The highest BCUT2D eigenvalue weighted by molar-refractivity contribution is 5.81. The lowest BCUT2D eigenvalue weighted by atomic mass is 10.1. The van der Waals surface area contributed by atoms with Crippen LogP contribution in [0.2, 0.25) is 0 Å². The number of esters is 1. The molecule has 1 aromatic carbocycles. The molecule has 0 atom stereocenters. The van der Waals surface area contributed by atoms with Gasteiger partial charge in [-0.1, -0.05) is 6.07 Å². The summed E-state index contributed by atoms with van der Waals surface area (Å²) in [6, 6.07) is 5.89. The fourth-order valence-electron chi connectivity index (χ4n) is 2.31. The Balaban J connectivity index is 0.000000292. The van der Waals surface area contributed by atoms with E-state index in [1.807, 2.05) is 50.7 Å². The van der Waals surface area contributed by atoms with Gasteiger partial charge in [-0.05, 0) is 38.5 Å². The van der Waals surface area contributed by atoms with E-state index < -0.39 is 5.60 Å². The van der Waals surface area contributed by atoms with E-state index in [1.54, 1.807) is 6.20 Å². The second-order valence-electron chi connectivity index (χ2n) is 6.65. The van der Waals surface area contributed by atoms with Crippen LogP contribution >= 0.6 is 0 Å². The lowest BCUT2D eigenvalue weighted by molar-refractivity contribution is -0.153. The fourth-order valence-corrected chi connectivity index (χ4v) is 2.31. The van der Waals surface area contributed by atoms with Crippen LogP contribution in [0.3, 0.4) is 0 Å². The molecule has 3 rings (SSSR count). The molecule has 0 unspecified atom stereocenters. The monoisotopic (exact) mass is 334 g/mol. The summed E-state index contributed by atoms with van der Waals surface area (Å²) in [6.07, 6.45) is 2.09. The Labute approximate surface area is 142 Å². The summed E-state index contributed by atoms with van der Waals surface area (Å²) in [7, 11) is 1.90. The molecule has 6 heteroatoms. The number of aryl methyl sites for hydroxylation is 1. The van der Waals surface area contributed by atoms with Gasteiger partial charge < -0.3 is 14.2 Å². The van der Waals surface area contributed by atoms with Gasteiger partial charge in [-0.25, -0.2) is 0 Å². The van der Waals surface area contributed by atoms with Crippen LogP contribution in [-0.2, 0) is 32.5 Å². The Morgan fingerprint density at radius 1 is 1.21 bits per heavy atom. The molecular weight excluding hydrogens is 308 g/mol. The molecule has 2 heterocycles. The number of benzene rings is 1. The van der Waals surface area contributed by atoms with Crippen LogP contribution in [0.1, 0.15) is 26.3 Å². The summed E-state index contributed by atoms with van der Waals surface area (Å²) in [5, 5.41) is 5.22. The largest absolute Gasteiger partial charge is 0.460 e. The highest BCUT2D eigenvalue weighted by Gasteiger charge is 2.16. The predicted molar refractivity (Wildman–Crippen MR) is 91.9 cm³/mol. The van der Waals surface area contributed by atoms with E-state index in [0.29, 0.717) is 6.42 Å². The molecule has 6 nitrogen and oxygen atoms in total. The molecule has 0 bridgehead atoms. The number of fused-ring (bicyclic) bond motifs is 1. The molecule has 2 aromatic rings. The Bertz CT molecular complexity index is 658. The van der Waals surface area contributed by atoms with Gasteiger partial charge in [-0.3, -0.25) is 9.48 Å². The van der Waals surface area contributed by atoms with Crippen LogP contribution in [0.15, 0.2) is 24.4 Å². The summed E-state index contributed by atoms with van der Waals surface area (Å²) in [4.78, 5) is 11.7. The highest BCUT2D eigenvalue weighted by Crippen LogP contribution is 2.16. The first-order chi connectivity index (χ1) is 11.3. The predicted octanol–water partition coefficient (Wildman–Crippen LogP) is 2.49. The maximum atomic E-state index is 11.7. The molecule has 0 amide bonds. The molecule has 24 heavy (non-hydrogen) atoms. The zero-order valence-electron chi connectivity index (χ0n) is 14.9. The van der Waals surface area contributed by atoms with Gasteiger partial charge >= 0.3 is 5.97 Å². The number of nitrogens with zero attached hydrogens (tertiary/aromatic N) is 2. The molecular formula is C18H26N2O4. The molecule has 1 aliphatic rings. The Kier molecular flexibility index (Phi) is 6.34. The highest BCUT2D eigenvalue weighted by atomic mass is 16.6. The van der Waals surface area contributed by atoms with Crippen LogP contribution < -0.4 is 0 Å². The summed E-state index contributed by atoms with van der Waals surface area (Å²) in [6.45, 7) is 8.72. The Hall–Kier alpha value is -1.92. The summed E-state index contributed by atoms with van der Waals surface area (Å²) >= 11 is 0. The second kappa shape index (κ2) is 8.26. The molecule has 1 aromatic heterocycles. The maximum Gasteiger partial charge on any atom is 0.310 e. The van der Waals surface area contributed by atoms with Crippen molar-refractivity contribution in [3.05, 3.63) is 30.0 Å². The van der Waals surface area contributed by atoms with Crippen LogP contribution in [0, 0.1) is 0 Å². The van der Waals surface area contributed by atoms with Crippen LogP contribution in [0.4, 0.5) is 0 Å². The van der Waals surface area contributed by atoms with Gasteiger partial charge in [-0.2, -0.15) is 5.10 Å². The summed E-state index contributed by atoms with van der Waals surface area (Å²) in [5.74, 6) is -0.203. The number of carbonyl (C=O) groups excluding carboxylic acids is 1. The number of rotatable bonds is 2. The van der Waals surface area contributed by atoms with Gasteiger partial charge in [0, 0.05) is 12.4 Å². The molecule has 0 spiro atoms. The minimum atomic E-state index is -0.435. The van der Waals surface area contributed by atoms with E-state index >= 15 is 0 Å². The van der Waals surface area contributed by atoms with E-state index in [0.717, 1.165) is 42.9 Å². The lowest BCUT2D eigenvalue weighted by Gasteiger charge is -2.19. The molecule has 0 radical (unpaired) electrons. The smallest absolute Gasteiger partial charge is 0.310 e. The van der Waals surface area contributed by atoms with Gasteiger partial charge in [0.2, 0.25) is 0 Å². The number of hydrogen-bond donors (Lipinski definition) is 0. The van der Waals surface area contributed by atoms with E-state index in [2.05, 4.69) is 5.10 Å². The third kappa shape index (κ3) is 5.94. The van der Waals surface area contributed by atoms with Crippen molar-refractivity contribution < 1.29 is 19.0 Å². The normalized spacial score (nSPS) is 14.8. The van der Waals surface area contributed by atoms with Crippen LogP contribution in [0.5, 0.6) is 0 Å². The number of hydrogen-bond acceptors (Lipinski definition) is 5. The standard InChI is InChI=1S/C14H18N2O2.C4H8O2/c1-14(2,3)18-13(17)8-10-5-6-12-11(7-10)9-15-16(12)4;1-2-6-4-3-5-1/h5-7,9H,8H2,1-4H3;1-4H2. The van der Waals surface area contributed by atoms with Crippen molar-refractivity contribution in [2.45, 2.75) is 32.8 Å². The molecule has 0 N–H and O–H groups in total. The van der Waals surface area contributed by atoms with Crippen molar-refractivity contribution in [1.29, 1.82) is 0 Å². The van der Waals surface area contributed by atoms with E-state index in [1.165, 1.54) is 0 Å². The zero-order chi connectivity index (χ0) is 17.6. The minimum absolute atomic E-state index is 0.203. The first-order valence-electron chi connectivity index (χ1n) is 8.13. The Morgan fingerprint density at radius 3 is 2.38 bits per heavy atom. The fraction of sp³-hybridized carbons (Fsp3) is 0.556. The Morgan fingerprint density at radius 2 is 1.83 bits per heavy atom. The topological polar surface area (TPSA) is 62.6 Å². The SMILES string of the molecule is C1COCCO1.Cn1ncc2cc(CC(=O)OC(C)(C)C)ccc21. The molecule has 1 fully saturated rings. The minimum Gasteiger partial charge on any atom is -0.460 e. The van der Waals surface area contributed by atoms with Gasteiger partial charge in [0.1, 0.15) is 5.60 Å². The van der Waals surface area contributed by atoms with E-state index in [9.17, 15) is 4.79 Å². The van der Waals surface area contributed by atoms with Crippen molar-refractivity contribution >= 4 is 16.9 Å². The van der Waals surface area contributed by atoms with Crippen molar-refractivity contribution in [2.24, 2.45) is 7.05 Å². The molecule has 0 aliphatic carbocycles. The zero-order valence-corrected chi connectivity index (χ0v) is 14.9. The van der Waals surface area contributed by atoms with Crippen molar-refractivity contribution in [1.82, 2.24) is 9.78 Å². The quantitative estimate of drug-likeness (QED) is 0.790. The molecule has 132 valence electrons. The van der Waals surface area contributed by atoms with Gasteiger partial charge in [0.25, 0.3) is 0 Å². The first-order valence-corrected chi connectivity index (χ1v) is 8.13. The van der Waals surface area contributed by atoms with Crippen LogP contribution in [0.25, 0.3) is 10.9 Å². The first kappa shape index (κ1) is 18.4. The second-order valence-corrected chi connectivity index (χ2v) is 6.65. The van der Waals surface area contributed by atoms with Gasteiger partial charge in [0.05, 0.1) is 44.6 Å². The average molecular weight is 334 g/mol. The molecule has 1 saturated heterocycles. The molecule has 1 aliphatic heterocycles. The number of ether oxygens (including phenoxy) is 3. The van der Waals surface area contributed by atoms with Gasteiger partial charge in [0.15, 0.2) is 0 Å². The number of aromatic nitrogens is 2. The summed E-state index contributed by atoms with van der Waals surface area (Å²) in [5.41, 5.74) is 1.57. The number of carbonyl (C=O) groups is 1. The van der Waals surface area contributed by atoms with E-state index in [4.69, 9.17) is 14.2 Å². The summed E-state index contributed by atoms with van der Waals surface area (Å²) < 4.78 is 17.0. The third-order valence-electron chi connectivity index (χ3n) is 3.32. The average Bonchev–Trinajstić information content (AvgIpc) is 2.88. The third-order valence-corrected chi connectivity index (χ3v) is 3.32. The van der Waals surface area contributed by atoms with Crippen molar-refractivity contribution in [3.63, 3.8) is 0 Å². The lowest BCUT2D eigenvalue weighted by Crippen LogP contribution is -2.24. The van der Waals surface area contributed by atoms with Crippen LogP contribution in [-0.4, -0.2) is 47.8 Å². The van der Waals surface area contributed by atoms with Crippen molar-refractivity contribution in [3.8, 4) is 0 Å². The maximum absolute atomic E-state index is 11.7.